The molecule has 0 bridgehead atoms. The normalized spacial score (nSPS) is 9.44. The first-order valence-electron chi connectivity index (χ1n) is 2.46. The zero-order valence-corrected chi connectivity index (χ0v) is 5.73. The number of hydrogen-bond acceptors (Lipinski definition) is 2. The number of hydrogen-bond donors (Lipinski definition) is 1. The van der Waals surface area contributed by atoms with Crippen molar-refractivity contribution in [3.63, 3.8) is 0 Å². The van der Waals surface area contributed by atoms with E-state index in [-0.39, 0.29) is 5.56 Å². The van der Waals surface area contributed by atoms with Crippen LogP contribution in [-0.2, 0) is 7.05 Å². The van der Waals surface area contributed by atoms with E-state index in [1.54, 1.807) is 17.8 Å². The molecule has 0 atom stereocenters. The van der Waals surface area contributed by atoms with Gasteiger partial charge in [-0.25, -0.2) is 0 Å². The molecule has 0 saturated carbocycles. The Balaban J connectivity index is 3.52. The van der Waals surface area contributed by atoms with Crippen LogP contribution in [0.1, 0.15) is 0 Å². The van der Waals surface area contributed by atoms with Crippen molar-refractivity contribution < 1.29 is 0 Å². The highest BCUT2D eigenvalue weighted by molar-refractivity contribution is 7.71. The molecule has 0 fully saturated rings. The highest BCUT2D eigenvalue weighted by atomic mass is 32.1. The van der Waals surface area contributed by atoms with Gasteiger partial charge in [-0.1, -0.05) is 0 Å². The lowest BCUT2D eigenvalue weighted by atomic mass is 10.6. The largest absolute Gasteiger partial charge is 0.328 e. The van der Waals surface area contributed by atoms with Crippen molar-refractivity contribution in [1.29, 1.82) is 0 Å². The number of nitrogens with zero attached hydrogens (tertiary/aromatic N) is 1. The molecule has 0 unspecified atom stereocenters. The Morgan fingerprint density at radius 1 is 1.78 bits per heavy atom. The third-order valence-electron chi connectivity index (χ3n) is 1.000. The van der Waals surface area contributed by atoms with Crippen LogP contribution in [-0.4, -0.2) is 9.55 Å². The summed E-state index contributed by atoms with van der Waals surface area (Å²) < 4.78 is 2.11. The smallest absolute Gasteiger partial charge is 0.251 e. The Morgan fingerprint density at radius 2 is 2.44 bits per heavy atom. The molecule has 0 spiro atoms. The van der Waals surface area contributed by atoms with E-state index in [4.69, 9.17) is 12.2 Å². The Bertz CT molecular complexity index is 311. The van der Waals surface area contributed by atoms with Crippen molar-refractivity contribution in [1.82, 2.24) is 9.55 Å². The van der Waals surface area contributed by atoms with E-state index >= 15 is 0 Å². The fourth-order valence-corrected chi connectivity index (χ4v) is 0.644. The summed E-state index contributed by atoms with van der Waals surface area (Å²) in [6, 6.07) is 1.43. The number of H-pyrrole nitrogens is 1. The Kier molecular flexibility index (Phi) is 1.48. The van der Waals surface area contributed by atoms with Crippen LogP contribution in [0.25, 0.3) is 0 Å². The average Bonchev–Trinajstić information content (AvgIpc) is 1.80. The number of aromatic nitrogens is 2. The van der Waals surface area contributed by atoms with Gasteiger partial charge in [-0.2, -0.15) is 0 Å². The number of aryl methyl sites for hydroxylation is 1. The summed E-state index contributed by atoms with van der Waals surface area (Å²) in [6.07, 6.45) is 1.63. The van der Waals surface area contributed by atoms with E-state index in [0.717, 1.165) is 0 Å². The molecule has 1 heterocycles. The lowest BCUT2D eigenvalue weighted by Crippen LogP contribution is -2.07. The maximum absolute atomic E-state index is 10.5. The molecule has 3 nitrogen and oxygen atoms in total. The van der Waals surface area contributed by atoms with Crippen LogP contribution in [0, 0.1) is 4.77 Å². The van der Waals surface area contributed by atoms with E-state index in [0.29, 0.717) is 4.77 Å². The first-order chi connectivity index (χ1) is 4.20. The average molecular weight is 142 g/mol. The number of nitrogens with one attached hydrogen (secondary N) is 1. The minimum atomic E-state index is -0.155. The fraction of sp³-hybridized carbons (Fsp3) is 0.200. The molecule has 1 N–H and O–H groups in total. The van der Waals surface area contributed by atoms with Crippen molar-refractivity contribution in [3.8, 4) is 0 Å². The second-order valence-electron chi connectivity index (χ2n) is 1.72. The maximum Gasteiger partial charge on any atom is 0.251 e. The highest BCUT2D eigenvalue weighted by Crippen LogP contribution is 1.76. The van der Waals surface area contributed by atoms with E-state index < -0.39 is 0 Å². The number of rotatable bonds is 0. The van der Waals surface area contributed by atoms with Gasteiger partial charge in [0.2, 0.25) is 0 Å². The summed E-state index contributed by atoms with van der Waals surface area (Å²) in [5.41, 5.74) is -0.155. The number of aromatic amines is 1. The molecule has 4 heteroatoms. The summed E-state index contributed by atoms with van der Waals surface area (Å²) >= 11 is 4.75. The lowest BCUT2D eigenvalue weighted by Gasteiger charge is -1.92. The van der Waals surface area contributed by atoms with Gasteiger partial charge in [0, 0.05) is 19.3 Å². The van der Waals surface area contributed by atoms with Crippen LogP contribution in [0.3, 0.4) is 0 Å². The highest BCUT2D eigenvalue weighted by Gasteiger charge is 1.82. The molecule has 0 aromatic carbocycles. The van der Waals surface area contributed by atoms with Crippen LogP contribution in [0.4, 0.5) is 0 Å². The van der Waals surface area contributed by atoms with E-state index in [9.17, 15) is 4.79 Å². The summed E-state index contributed by atoms with van der Waals surface area (Å²) in [6.45, 7) is 0. The summed E-state index contributed by atoms with van der Waals surface area (Å²) in [7, 11) is 1.78. The van der Waals surface area contributed by atoms with E-state index in [2.05, 4.69) is 4.98 Å². The Morgan fingerprint density at radius 3 is 2.89 bits per heavy atom. The third-order valence-corrected chi connectivity index (χ3v) is 1.39. The van der Waals surface area contributed by atoms with Gasteiger partial charge in [-0.3, -0.25) is 9.78 Å². The molecule has 0 aliphatic heterocycles. The molecular weight excluding hydrogens is 136 g/mol. The minimum Gasteiger partial charge on any atom is -0.328 e. The van der Waals surface area contributed by atoms with Crippen LogP contribution in [0.2, 0.25) is 0 Å². The molecule has 1 rings (SSSR count). The predicted octanol–water partition coefficient (Wildman–Crippen LogP) is 0.443. The Hall–Kier alpha value is -0.900. The SMILES string of the molecule is Cn1ccc(=O)[nH]c1=S. The first kappa shape index (κ1) is 6.22. The minimum absolute atomic E-state index is 0.155. The molecular formula is C5H6N2OS. The molecule has 48 valence electrons. The van der Waals surface area contributed by atoms with Gasteiger partial charge in [0.05, 0.1) is 0 Å². The van der Waals surface area contributed by atoms with Gasteiger partial charge in [0.25, 0.3) is 5.56 Å². The quantitative estimate of drug-likeness (QED) is 0.534. The maximum atomic E-state index is 10.5. The fourth-order valence-electron chi connectivity index (χ4n) is 0.482. The van der Waals surface area contributed by atoms with Crippen molar-refractivity contribution >= 4 is 12.2 Å². The van der Waals surface area contributed by atoms with Gasteiger partial charge in [0.1, 0.15) is 0 Å². The first-order valence-corrected chi connectivity index (χ1v) is 2.87. The summed E-state index contributed by atoms with van der Waals surface area (Å²) in [4.78, 5) is 13.0. The molecule has 0 aliphatic rings. The topological polar surface area (TPSA) is 37.8 Å². The van der Waals surface area contributed by atoms with Gasteiger partial charge in [-0.15, -0.1) is 0 Å². The lowest BCUT2D eigenvalue weighted by molar-refractivity contribution is 0.832. The molecule has 9 heavy (non-hydrogen) atoms. The molecule has 1 aromatic rings. The standard InChI is InChI=1S/C5H6N2OS/c1-7-3-2-4(8)6-5(7)9/h2-3H,1H3,(H,6,8,9). The van der Waals surface area contributed by atoms with Gasteiger partial charge < -0.3 is 4.57 Å². The molecule has 0 aliphatic carbocycles. The van der Waals surface area contributed by atoms with E-state index in [1.165, 1.54) is 6.07 Å². The van der Waals surface area contributed by atoms with Gasteiger partial charge in [-0.05, 0) is 12.2 Å². The van der Waals surface area contributed by atoms with Gasteiger partial charge >= 0.3 is 0 Å². The molecule has 0 radical (unpaired) electrons. The molecule has 1 aromatic heterocycles. The van der Waals surface area contributed by atoms with Crippen molar-refractivity contribution in [3.05, 3.63) is 27.4 Å². The molecule has 0 saturated heterocycles. The van der Waals surface area contributed by atoms with Gasteiger partial charge in [0.15, 0.2) is 4.77 Å². The van der Waals surface area contributed by atoms with Crippen LogP contribution in [0.5, 0.6) is 0 Å². The van der Waals surface area contributed by atoms with Crippen molar-refractivity contribution in [2.24, 2.45) is 7.05 Å². The zero-order valence-electron chi connectivity index (χ0n) is 4.92. The Labute approximate surface area is 57.0 Å². The van der Waals surface area contributed by atoms with Crippen molar-refractivity contribution in [2.45, 2.75) is 0 Å². The van der Waals surface area contributed by atoms with E-state index in [1.807, 2.05) is 0 Å². The third kappa shape index (κ3) is 1.26. The zero-order chi connectivity index (χ0) is 6.85. The predicted molar refractivity (Wildman–Crippen MR) is 36.9 cm³/mol. The van der Waals surface area contributed by atoms with Crippen LogP contribution >= 0.6 is 12.2 Å². The summed E-state index contributed by atoms with van der Waals surface area (Å²) in [5.74, 6) is 0. The second kappa shape index (κ2) is 2.14. The van der Waals surface area contributed by atoms with Crippen molar-refractivity contribution in [2.75, 3.05) is 0 Å². The molecule has 0 amide bonds. The second-order valence-corrected chi connectivity index (χ2v) is 2.11. The van der Waals surface area contributed by atoms with Crippen LogP contribution in [0.15, 0.2) is 17.1 Å². The van der Waals surface area contributed by atoms with Crippen LogP contribution < -0.4 is 5.56 Å². The monoisotopic (exact) mass is 142 g/mol. The summed E-state index contributed by atoms with van der Waals surface area (Å²) in [5, 5.41) is 0.